The van der Waals surface area contributed by atoms with Gasteiger partial charge in [0, 0.05) is 10.9 Å². The molecule has 0 saturated heterocycles. The molecule has 0 aliphatic rings. The first-order valence-corrected chi connectivity index (χ1v) is 4.44. The summed E-state index contributed by atoms with van der Waals surface area (Å²) in [5, 5.41) is 10.6. The highest BCUT2D eigenvalue weighted by molar-refractivity contribution is 7.03. The third-order valence-corrected chi connectivity index (χ3v) is 2.21. The van der Waals surface area contributed by atoms with Crippen molar-refractivity contribution in [1.82, 2.24) is 4.37 Å². The molecule has 3 nitrogen and oxygen atoms in total. The van der Waals surface area contributed by atoms with E-state index in [9.17, 15) is 4.79 Å². The van der Waals surface area contributed by atoms with E-state index in [2.05, 4.69) is 4.37 Å². The first kappa shape index (κ1) is 9.19. The van der Waals surface area contributed by atoms with Crippen molar-refractivity contribution in [3.8, 4) is 0 Å². The van der Waals surface area contributed by atoms with Gasteiger partial charge in [-0.15, -0.1) is 0 Å². The van der Waals surface area contributed by atoms with E-state index in [0.29, 0.717) is 0 Å². The van der Waals surface area contributed by atoms with Crippen molar-refractivity contribution in [3.63, 3.8) is 0 Å². The Morgan fingerprint density at radius 2 is 2.17 bits per heavy atom. The van der Waals surface area contributed by atoms with E-state index in [1.54, 1.807) is 5.38 Å². The van der Waals surface area contributed by atoms with Crippen LogP contribution >= 0.6 is 11.5 Å². The van der Waals surface area contributed by atoms with Crippen molar-refractivity contribution in [3.05, 3.63) is 16.6 Å². The summed E-state index contributed by atoms with van der Waals surface area (Å²) in [6.07, 6.45) is 0. The monoisotopic (exact) mass is 185 g/mol. The standard InChI is InChI=1S/C8H11NO2S/c1-8(2,3)5-4-12-9-6(5)7(10)11/h4H,1-3H3,(H,10,11). The lowest BCUT2D eigenvalue weighted by atomic mass is 9.88. The van der Waals surface area contributed by atoms with Crippen molar-refractivity contribution >= 4 is 17.5 Å². The molecule has 1 aromatic rings. The molecule has 0 amide bonds. The number of nitrogens with zero attached hydrogens (tertiary/aromatic N) is 1. The average Bonchev–Trinajstić information content (AvgIpc) is 2.30. The Labute approximate surface area is 75.2 Å². The lowest BCUT2D eigenvalue weighted by Crippen LogP contribution is -2.15. The molecular formula is C8H11NO2S. The summed E-state index contributed by atoms with van der Waals surface area (Å²) >= 11 is 1.19. The fourth-order valence-electron chi connectivity index (χ4n) is 0.923. The van der Waals surface area contributed by atoms with Gasteiger partial charge < -0.3 is 5.11 Å². The van der Waals surface area contributed by atoms with E-state index >= 15 is 0 Å². The molecule has 1 rings (SSSR count). The molecule has 1 aromatic heterocycles. The number of aromatic carboxylic acids is 1. The molecule has 0 saturated carbocycles. The van der Waals surface area contributed by atoms with Crippen molar-refractivity contribution in [1.29, 1.82) is 0 Å². The summed E-state index contributed by atoms with van der Waals surface area (Å²) in [6.45, 7) is 5.93. The summed E-state index contributed by atoms with van der Waals surface area (Å²) in [4.78, 5) is 10.7. The van der Waals surface area contributed by atoms with Crippen LogP contribution in [0.5, 0.6) is 0 Å². The molecule has 0 aliphatic carbocycles. The Hall–Kier alpha value is -0.900. The number of hydrogen-bond donors (Lipinski definition) is 1. The highest BCUT2D eigenvalue weighted by Crippen LogP contribution is 2.26. The number of carbonyl (C=O) groups is 1. The lowest BCUT2D eigenvalue weighted by molar-refractivity contribution is 0.0689. The third kappa shape index (κ3) is 1.64. The predicted octanol–water partition coefficient (Wildman–Crippen LogP) is 2.14. The van der Waals surface area contributed by atoms with Crippen molar-refractivity contribution < 1.29 is 9.90 Å². The maximum Gasteiger partial charge on any atom is 0.355 e. The van der Waals surface area contributed by atoms with Gasteiger partial charge in [0.2, 0.25) is 0 Å². The van der Waals surface area contributed by atoms with Crippen LogP contribution < -0.4 is 0 Å². The van der Waals surface area contributed by atoms with Crippen molar-refractivity contribution in [2.75, 3.05) is 0 Å². The van der Waals surface area contributed by atoms with Gasteiger partial charge in [0.1, 0.15) is 0 Å². The topological polar surface area (TPSA) is 50.2 Å². The number of carboxylic acid groups (broad SMARTS) is 1. The second-order valence-electron chi connectivity index (χ2n) is 3.63. The lowest BCUT2D eigenvalue weighted by Gasteiger charge is -2.16. The minimum atomic E-state index is -0.943. The van der Waals surface area contributed by atoms with Gasteiger partial charge in [0.25, 0.3) is 0 Å². The molecule has 0 aromatic carbocycles. The SMILES string of the molecule is CC(C)(C)c1csnc1C(=O)O. The normalized spacial score (nSPS) is 11.6. The predicted molar refractivity (Wildman–Crippen MR) is 47.8 cm³/mol. The van der Waals surface area contributed by atoms with Crippen LogP contribution in [0.15, 0.2) is 5.38 Å². The van der Waals surface area contributed by atoms with E-state index < -0.39 is 5.97 Å². The molecular weight excluding hydrogens is 174 g/mol. The van der Waals surface area contributed by atoms with E-state index in [0.717, 1.165) is 5.56 Å². The molecule has 4 heteroatoms. The first-order chi connectivity index (χ1) is 5.43. The fourth-order valence-corrected chi connectivity index (χ4v) is 1.83. The molecule has 0 spiro atoms. The average molecular weight is 185 g/mol. The van der Waals surface area contributed by atoms with Crippen LogP contribution in [-0.4, -0.2) is 15.4 Å². The second kappa shape index (κ2) is 2.86. The number of carboxylic acids is 1. The number of hydrogen-bond acceptors (Lipinski definition) is 3. The molecule has 0 fully saturated rings. The van der Waals surface area contributed by atoms with Crippen LogP contribution in [0.2, 0.25) is 0 Å². The number of aromatic nitrogens is 1. The third-order valence-electron chi connectivity index (χ3n) is 1.58. The summed E-state index contributed by atoms with van der Waals surface area (Å²) < 4.78 is 3.82. The van der Waals surface area contributed by atoms with Gasteiger partial charge in [-0.25, -0.2) is 4.79 Å². The van der Waals surface area contributed by atoms with Gasteiger partial charge in [-0.1, -0.05) is 20.8 Å². The summed E-state index contributed by atoms with van der Waals surface area (Å²) in [6, 6.07) is 0. The molecule has 0 bridgehead atoms. The van der Waals surface area contributed by atoms with Crippen LogP contribution in [0.1, 0.15) is 36.8 Å². The van der Waals surface area contributed by atoms with Crippen molar-refractivity contribution in [2.24, 2.45) is 0 Å². The maximum absolute atomic E-state index is 10.7. The van der Waals surface area contributed by atoms with E-state index in [4.69, 9.17) is 5.11 Å². The zero-order chi connectivity index (χ0) is 9.35. The summed E-state index contributed by atoms with van der Waals surface area (Å²) in [7, 11) is 0. The highest BCUT2D eigenvalue weighted by Gasteiger charge is 2.23. The minimum absolute atomic E-state index is 0.138. The van der Waals surface area contributed by atoms with Gasteiger partial charge in [-0.2, -0.15) is 4.37 Å². The van der Waals surface area contributed by atoms with E-state index in [1.165, 1.54) is 11.5 Å². The Balaban J connectivity index is 3.17. The Kier molecular flexibility index (Phi) is 2.19. The molecule has 0 atom stereocenters. The summed E-state index contributed by atoms with van der Waals surface area (Å²) in [5.41, 5.74) is 0.855. The summed E-state index contributed by atoms with van der Waals surface area (Å²) in [5.74, 6) is -0.943. The zero-order valence-corrected chi connectivity index (χ0v) is 8.10. The fraction of sp³-hybridized carbons (Fsp3) is 0.500. The van der Waals surface area contributed by atoms with Crippen LogP contribution in [0, 0.1) is 0 Å². The molecule has 1 heterocycles. The van der Waals surface area contributed by atoms with Gasteiger partial charge in [-0.3, -0.25) is 0 Å². The Morgan fingerprint density at radius 3 is 2.50 bits per heavy atom. The molecule has 0 aliphatic heterocycles. The van der Waals surface area contributed by atoms with Gasteiger partial charge in [-0.05, 0) is 16.9 Å². The largest absolute Gasteiger partial charge is 0.476 e. The Morgan fingerprint density at radius 1 is 1.58 bits per heavy atom. The quantitative estimate of drug-likeness (QED) is 0.729. The van der Waals surface area contributed by atoms with Gasteiger partial charge in [0.15, 0.2) is 5.69 Å². The number of rotatable bonds is 1. The molecule has 0 radical (unpaired) electrons. The Bertz CT molecular complexity index is 298. The molecule has 1 N–H and O–H groups in total. The van der Waals surface area contributed by atoms with Crippen LogP contribution in [0.4, 0.5) is 0 Å². The van der Waals surface area contributed by atoms with E-state index in [1.807, 2.05) is 20.8 Å². The van der Waals surface area contributed by atoms with Crippen LogP contribution in [-0.2, 0) is 5.41 Å². The first-order valence-electron chi connectivity index (χ1n) is 3.61. The maximum atomic E-state index is 10.7. The zero-order valence-electron chi connectivity index (χ0n) is 7.29. The van der Waals surface area contributed by atoms with Crippen LogP contribution in [0.25, 0.3) is 0 Å². The van der Waals surface area contributed by atoms with E-state index in [-0.39, 0.29) is 11.1 Å². The minimum Gasteiger partial charge on any atom is -0.476 e. The highest BCUT2D eigenvalue weighted by atomic mass is 32.1. The second-order valence-corrected chi connectivity index (χ2v) is 4.26. The van der Waals surface area contributed by atoms with Gasteiger partial charge in [0.05, 0.1) is 0 Å². The smallest absolute Gasteiger partial charge is 0.355 e. The molecule has 66 valence electrons. The van der Waals surface area contributed by atoms with Crippen molar-refractivity contribution in [2.45, 2.75) is 26.2 Å². The van der Waals surface area contributed by atoms with Gasteiger partial charge >= 0.3 is 5.97 Å². The molecule has 0 unspecified atom stereocenters. The molecule has 12 heavy (non-hydrogen) atoms. The van der Waals surface area contributed by atoms with Crippen LogP contribution in [0.3, 0.4) is 0 Å².